The molecule has 25 heavy (non-hydrogen) atoms. The van der Waals surface area contributed by atoms with Crippen molar-refractivity contribution in [2.45, 2.75) is 0 Å². The van der Waals surface area contributed by atoms with Crippen molar-refractivity contribution < 1.29 is 18.4 Å². The predicted octanol–water partition coefficient (Wildman–Crippen LogP) is 3.89. The number of benzene rings is 1. The highest BCUT2D eigenvalue weighted by molar-refractivity contribution is 7.08. The van der Waals surface area contributed by atoms with Gasteiger partial charge in [0, 0.05) is 17.1 Å². The van der Waals surface area contributed by atoms with E-state index in [1.54, 1.807) is 35.0 Å². The maximum atomic E-state index is 13.3. The first-order chi connectivity index (χ1) is 12.1. The lowest BCUT2D eigenvalue weighted by Crippen LogP contribution is -2.30. The van der Waals surface area contributed by atoms with Crippen LogP contribution in [-0.2, 0) is 4.79 Å². The Kier molecular flexibility index (Phi) is 5.06. The summed E-state index contributed by atoms with van der Waals surface area (Å²) in [4.78, 5) is 24.7. The molecule has 0 atom stereocenters. The van der Waals surface area contributed by atoms with Gasteiger partial charge in [0.15, 0.2) is 0 Å². The molecular weight excluding hydrogens is 343 g/mol. The minimum Gasteiger partial charge on any atom is -0.465 e. The highest BCUT2D eigenvalue weighted by Crippen LogP contribution is 2.13. The van der Waals surface area contributed by atoms with E-state index in [1.165, 1.54) is 41.9 Å². The average molecular weight is 356 g/mol. The molecule has 0 saturated carbocycles. The number of amides is 2. The van der Waals surface area contributed by atoms with Gasteiger partial charge in [-0.3, -0.25) is 9.59 Å². The van der Waals surface area contributed by atoms with Crippen LogP contribution in [0.4, 0.5) is 10.1 Å². The van der Waals surface area contributed by atoms with Crippen LogP contribution >= 0.6 is 11.3 Å². The summed E-state index contributed by atoms with van der Waals surface area (Å²) in [5.74, 6) is -1.09. The predicted molar refractivity (Wildman–Crippen MR) is 93.5 cm³/mol. The fourth-order valence-electron chi connectivity index (χ4n) is 2.03. The third kappa shape index (κ3) is 4.42. The third-order valence-electron chi connectivity index (χ3n) is 3.19. The van der Waals surface area contributed by atoms with Crippen LogP contribution in [0.1, 0.15) is 16.1 Å². The van der Waals surface area contributed by atoms with Crippen molar-refractivity contribution in [2.24, 2.45) is 0 Å². The molecular formula is C18H13FN2O3S. The number of halogens is 1. The molecule has 2 amide bonds. The Bertz CT molecular complexity index is 902. The van der Waals surface area contributed by atoms with Crippen molar-refractivity contribution in [1.82, 2.24) is 5.32 Å². The van der Waals surface area contributed by atoms with Crippen LogP contribution in [0.25, 0.3) is 6.08 Å². The Balaban J connectivity index is 1.83. The Morgan fingerprint density at radius 2 is 2.04 bits per heavy atom. The number of hydrogen-bond donors (Lipinski definition) is 2. The molecule has 5 nitrogen and oxygen atoms in total. The number of furan rings is 1. The topological polar surface area (TPSA) is 71.3 Å². The molecule has 0 radical (unpaired) electrons. The van der Waals surface area contributed by atoms with Crippen molar-refractivity contribution in [3.05, 3.63) is 82.3 Å². The summed E-state index contributed by atoms with van der Waals surface area (Å²) in [7, 11) is 0. The molecule has 0 bridgehead atoms. The van der Waals surface area contributed by atoms with Crippen LogP contribution in [0.5, 0.6) is 0 Å². The Morgan fingerprint density at radius 1 is 1.16 bits per heavy atom. The van der Waals surface area contributed by atoms with Crippen molar-refractivity contribution in [1.29, 1.82) is 0 Å². The van der Waals surface area contributed by atoms with Crippen molar-refractivity contribution in [3.63, 3.8) is 0 Å². The summed E-state index contributed by atoms with van der Waals surface area (Å²) in [6.07, 6.45) is 2.85. The van der Waals surface area contributed by atoms with Crippen LogP contribution in [0.2, 0.25) is 0 Å². The molecule has 0 fully saturated rings. The maximum Gasteiger partial charge on any atom is 0.272 e. The van der Waals surface area contributed by atoms with E-state index in [-0.39, 0.29) is 11.4 Å². The lowest BCUT2D eigenvalue weighted by atomic mass is 10.2. The molecule has 1 aromatic carbocycles. The second kappa shape index (κ2) is 7.59. The number of rotatable bonds is 5. The Hall–Kier alpha value is -3.19. The van der Waals surface area contributed by atoms with Crippen molar-refractivity contribution in [3.8, 4) is 0 Å². The second-order valence-electron chi connectivity index (χ2n) is 5.00. The number of carbonyl (C=O) groups is 2. The summed E-state index contributed by atoms with van der Waals surface area (Å²) < 4.78 is 18.5. The zero-order valence-corrected chi connectivity index (χ0v) is 13.7. The first kappa shape index (κ1) is 16.7. The van der Waals surface area contributed by atoms with Crippen LogP contribution in [0.3, 0.4) is 0 Å². The van der Waals surface area contributed by atoms with Gasteiger partial charge in [-0.25, -0.2) is 4.39 Å². The van der Waals surface area contributed by atoms with Gasteiger partial charge in [-0.15, -0.1) is 0 Å². The molecule has 2 aromatic heterocycles. The summed E-state index contributed by atoms with van der Waals surface area (Å²) in [6.45, 7) is 0. The minimum absolute atomic E-state index is 0.0181. The Labute approximate surface area is 146 Å². The molecule has 0 aliphatic rings. The number of thiophene rings is 1. The lowest BCUT2D eigenvalue weighted by Gasteiger charge is -2.10. The molecule has 0 aliphatic heterocycles. The van der Waals surface area contributed by atoms with Crippen molar-refractivity contribution in [2.75, 3.05) is 5.32 Å². The van der Waals surface area contributed by atoms with Gasteiger partial charge >= 0.3 is 0 Å². The van der Waals surface area contributed by atoms with Gasteiger partial charge in [0.2, 0.25) is 0 Å². The zero-order valence-electron chi connectivity index (χ0n) is 12.9. The second-order valence-corrected chi connectivity index (χ2v) is 5.78. The van der Waals surface area contributed by atoms with Gasteiger partial charge < -0.3 is 15.1 Å². The standard InChI is InChI=1S/C18H13FN2O3S/c19-13-3-1-4-14(9-13)20-18(23)16(10-15-5-2-7-24-15)21-17(22)12-6-8-25-11-12/h1-11H,(H,20,23)(H,21,22)/b16-10-. The maximum absolute atomic E-state index is 13.3. The summed E-state index contributed by atoms with van der Waals surface area (Å²) >= 11 is 1.37. The first-order valence-electron chi connectivity index (χ1n) is 7.27. The number of nitrogens with one attached hydrogen (secondary N) is 2. The van der Waals surface area contributed by atoms with Crippen molar-refractivity contribution >= 4 is 34.9 Å². The molecule has 0 spiro atoms. The van der Waals surface area contributed by atoms with E-state index < -0.39 is 17.6 Å². The van der Waals surface area contributed by atoms with E-state index in [1.807, 2.05) is 0 Å². The highest BCUT2D eigenvalue weighted by Gasteiger charge is 2.16. The number of anilines is 1. The molecule has 3 aromatic rings. The molecule has 7 heteroatoms. The fourth-order valence-corrected chi connectivity index (χ4v) is 2.66. The number of carbonyl (C=O) groups excluding carboxylic acids is 2. The molecule has 0 saturated heterocycles. The third-order valence-corrected chi connectivity index (χ3v) is 3.87. The monoisotopic (exact) mass is 356 g/mol. The van der Waals surface area contributed by atoms with Gasteiger partial charge in [-0.1, -0.05) is 6.07 Å². The normalized spacial score (nSPS) is 11.2. The molecule has 0 unspecified atom stereocenters. The fraction of sp³-hybridized carbons (Fsp3) is 0. The van der Waals surface area contributed by atoms with Crippen LogP contribution in [-0.4, -0.2) is 11.8 Å². The lowest BCUT2D eigenvalue weighted by molar-refractivity contribution is -0.113. The van der Waals surface area contributed by atoms with E-state index in [0.717, 1.165) is 0 Å². The van der Waals surface area contributed by atoms with Crippen LogP contribution in [0.15, 0.2) is 69.6 Å². The average Bonchev–Trinajstić information content (AvgIpc) is 3.28. The molecule has 126 valence electrons. The van der Waals surface area contributed by atoms with E-state index in [0.29, 0.717) is 11.3 Å². The van der Waals surface area contributed by atoms with E-state index >= 15 is 0 Å². The van der Waals surface area contributed by atoms with Crippen LogP contribution in [0, 0.1) is 5.82 Å². The SMILES string of the molecule is O=C(Nc1cccc(F)c1)/C(=C/c1ccco1)NC(=O)c1ccsc1. The van der Waals surface area contributed by atoms with E-state index in [9.17, 15) is 14.0 Å². The number of hydrogen-bond acceptors (Lipinski definition) is 4. The van der Waals surface area contributed by atoms with Gasteiger partial charge in [-0.05, 0) is 41.8 Å². The highest BCUT2D eigenvalue weighted by atomic mass is 32.1. The van der Waals surface area contributed by atoms with Gasteiger partial charge in [-0.2, -0.15) is 11.3 Å². The Morgan fingerprint density at radius 3 is 2.72 bits per heavy atom. The molecule has 0 aliphatic carbocycles. The first-order valence-corrected chi connectivity index (χ1v) is 8.22. The molecule has 3 rings (SSSR count). The van der Waals surface area contributed by atoms with Gasteiger partial charge in [0.1, 0.15) is 17.3 Å². The largest absolute Gasteiger partial charge is 0.465 e. The molecule has 2 N–H and O–H groups in total. The quantitative estimate of drug-likeness (QED) is 0.681. The van der Waals surface area contributed by atoms with E-state index in [2.05, 4.69) is 10.6 Å². The van der Waals surface area contributed by atoms with Crippen LogP contribution < -0.4 is 10.6 Å². The minimum atomic E-state index is -0.592. The molecule has 2 heterocycles. The van der Waals surface area contributed by atoms with Gasteiger partial charge in [0.05, 0.1) is 11.8 Å². The summed E-state index contributed by atoms with van der Waals surface area (Å²) in [6, 6.07) is 10.4. The zero-order chi connectivity index (χ0) is 17.6. The smallest absolute Gasteiger partial charge is 0.272 e. The summed E-state index contributed by atoms with van der Waals surface area (Å²) in [5, 5.41) is 8.53. The van der Waals surface area contributed by atoms with E-state index in [4.69, 9.17) is 4.42 Å². The summed E-state index contributed by atoms with van der Waals surface area (Å²) in [5.41, 5.74) is 0.699. The van der Waals surface area contributed by atoms with Gasteiger partial charge in [0.25, 0.3) is 11.8 Å².